The van der Waals surface area contributed by atoms with Gasteiger partial charge in [-0.25, -0.2) is 9.50 Å². The van der Waals surface area contributed by atoms with E-state index < -0.39 is 0 Å². The van der Waals surface area contributed by atoms with Crippen LogP contribution in [0.1, 0.15) is 25.6 Å². The van der Waals surface area contributed by atoms with Gasteiger partial charge >= 0.3 is 0 Å². The normalized spacial score (nSPS) is 20.9. The monoisotopic (exact) mass is 264 g/mol. The molecule has 18 heavy (non-hydrogen) atoms. The van der Waals surface area contributed by atoms with Crippen molar-refractivity contribution in [3.05, 3.63) is 29.2 Å². The summed E-state index contributed by atoms with van der Waals surface area (Å²) in [4.78, 5) is 7.05. The lowest BCUT2D eigenvalue weighted by Gasteiger charge is -2.21. The average Bonchev–Trinajstić information content (AvgIpc) is 2.96. The van der Waals surface area contributed by atoms with E-state index in [0.717, 1.165) is 24.4 Å². The molecule has 0 N–H and O–H groups in total. The van der Waals surface area contributed by atoms with Gasteiger partial charge in [0.25, 0.3) is 0 Å². The number of halogens is 1. The standard InChI is InChI=1S/C13H17ClN4/c1-2-17-8-4-5-10(17)9-12-15-13-7-3-6-11(14)18(13)16-12/h3,6-7,10H,2,4-5,8-9H2,1H3. The average molecular weight is 265 g/mol. The van der Waals surface area contributed by atoms with Crippen molar-refractivity contribution >= 4 is 17.2 Å². The third-order valence-electron chi connectivity index (χ3n) is 3.68. The fourth-order valence-electron chi connectivity index (χ4n) is 2.76. The van der Waals surface area contributed by atoms with Crippen LogP contribution in [0.25, 0.3) is 5.65 Å². The lowest BCUT2D eigenvalue weighted by molar-refractivity contribution is 0.263. The number of aromatic nitrogens is 3. The van der Waals surface area contributed by atoms with Crippen molar-refractivity contribution in [2.24, 2.45) is 0 Å². The molecule has 3 rings (SSSR count). The number of hydrogen-bond donors (Lipinski definition) is 0. The largest absolute Gasteiger partial charge is 0.300 e. The molecule has 0 spiro atoms. The molecular formula is C13H17ClN4. The van der Waals surface area contributed by atoms with Crippen molar-refractivity contribution in [2.75, 3.05) is 13.1 Å². The molecule has 0 amide bonds. The van der Waals surface area contributed by atoms with Gasteiger partial charge in [-0.3, -0.25) is 0 Å². The second-order valence-corrected chi connectivity index (χ2v) is 5.16. The van der Waals surface area contributed by atoms with Gasteiger partial charge in [0.05, 0.1) is 0 Å². The number of likely N-dealkylation sites (tertiary alicyclic amines) is 1. The maximum Gasteiger partial charge on any atom is 0.157 e. The van der Waals surface area contributed by atoms with Crippen molar-refractivity contribution in [3.8, 4) is 0 Å². The van der Waals surface area contributed by atoms with Gasteiger partial charge < -0.3 is 4.90 Å². The van der Waals surface area contributed by atoms with Crippen LogP contribution in [-0.4, -0.2) is 38.6 Å². The molecular weight excluding hydrogens is 248 g/mol. The fraction of sp³-hybridized carbons (Fsp3) is 0.538. The molecule has 4 nitrogen and oxygen atoms in total. The van der Waals surface area contributed by atoms with Gasteiger partial charge in [-0.15, -0.1) is 5.10 Å². The first kappa shape index (κ1) is 11.9. The number of likely N-dealkylation sites (N-methyl/N-ethyl adjacent to an activating group) is 1. The Labute approximate surface area is 112 Å². The summed E-state index contributed by atoms with van der Waals surface area (Å²) in [6.45, 7) is 4.53. The Morgan fingerprint density at radius 1 is 1.44 bits per heavy atom. The highest BCUT2D eigenvalue weighted by molar-refractivity contribution is 6.29. The molecule has 5 heteroatoms. The minimum Gasteiger partial charge on any atom is -0.300 e. The smallest absolute Gasteiger partial charge is 0.157 e. The third kappa shape index (κ3) is 2.10. The van der Waals surface area contributed by atoms with Crippen LogP contribution >= 0.6 is 11.6 Å². The van der Waals surface area contributed by atoms with Crippen LogP contribution in [0.5, 0.6) is 0 Å². The van der Waals surface area contributed by atoms with Crippen LogP contribution in [-0.2, 0) is 6.42 Å². The van der Waals surface area contributed by atoms with E-state index in [1.807, 2.05) is 18.2 Å². The van der Waals surface area contributed by atoms with Crippen LogP contribution in [0.15, 0.2) is 18.2 Å². The van der Waals surface area contributed by atoms with Gasteiger partial charge in [0, 0.05) is 12.5 Å². The molecule has 3 heterocycles. The Hall–Kier alpha value is -1.13. The van der Waals surface area contributed by atoms with E-state index in [4.69, 9.17) is 11.6 Å². The first-order chi connectivity index (χ1) is 8.78. The van der Waals surface area contributed by atoms with E-state index in [1.165, 1.54) is 19.4 Å². The summed E-state index contributed by atoms with van der Waals surface area (Å²) in [5.74, 6) is 0.897. The van der Waals surface area contributed by atoms with Crippen molar-refractivity contribution in [1.82, 2.24) is 19.5 Å². The summed E-state index contributed by atoms with van der Waals surface area (Å²) >= 11 is 6.09. The zero-order valence-electron chi connectivity index (χ0n) is 10.5. The van der Waals surface area contributed by atoms with E-state index in [0.29, 0.717) is 11.2 Å². The molecule has 1 atom stereocenters. The lowest BCUT2D eigenvalue weighted by atomic mass is 10.1. The van der Waals surface area contributed by atoms with Gasteiger partial charge in [0.15, 0.2) is 11.5 Å². The van der Waals surface area contributed by atoms with Crippen LogP contribution in [0, 0.1) is 0 Å². The van der Waals surface area contributed by atoms with E-state index in [9.17, 15) is 0 Å². The van der Waals surface area contributed by atoms with Crippen LogP contribution in [0.2, 0.25) is 5.15 Å². The summed E-state index contributed by atoms with van der Waals surface area (Å²) in [5.41, 5.74) is 0.832. The predicted octanol–water partition coefficient (Wildman–Crippen LogP) is 2.41. The van der Waals surface area contributed by atoms with Crippen molar-refractivity contribution in [2.45, 2.75) is 32.2 Å². The van der Waals surface area contributed by atoms with Gasteiger partial charge in [0.1, 0.15) is 5.15 Å². The molecule has 1 aliphatic heterocycles. The fourth-order valence-corrected chi connectivity index (χ4v) is 2.95. The number of hydrogen-bond acceptors (Lipinski definition) is 3. The highest BCUT2D eigenvalue weighted by Gasteiger charge is 2.24. The molecule has 1 aliphatic rings. The predicted molar refractivity (Wildman–Crippen MR) is 72.0 cm³/mol. The topological polar surface area (TPSA) is 33.4 Å². The molecule has 2 aromatic heterocycles. The zero-order chi connectivity index (χ0) is 12.5. The van der Waals surface area contributed by atoms with Gasteiger partial charge in [-0.2, -0.15) is 0 Å². The highest BCUT2D eigenvalue weighted by atomic mass is 35.5. The summed E-state index contributed by atoms with van der Waals surface area (Å²) in [5, 5.41) is 5.11. The van der Waals surface area contributed by atoms with E-state index in [2.05, 4.69) is 21.9 Å². The first-order valence-corrected chi connectivity index (χ1v) is 6.90. The number of fused-ring (bicyclic) bond motifs is 1. The molecule has 0 saturated carbocycles. The number of pyridine rings is 1. The van der Waals surface area contributed by atoms with Crippen LogP contribution in [0.3, 0.4) is 0 Å². The molecule has 96 valence electrons. The third-order valence-corrected chi connectivity index (χ3v) is 3.97. The molecule has 1 fully saturated rings. The Bertz CT molecular complexity index is 551. The maximum atomic E-state index is 6.09. The summed E-state index contributed by atoms with van der Waals surface area (Å²) in [6, 6.07) is 6.27. The highest BCUT2D eigenvalue weighted by Crippen LogP contribution is 2.20. The van der Waals surface area contributed by atoms with E-state index in [-0.39, 0.29) is 0 Å². The molecule has 0 aliphatic carbocycles. The van der Waals surface area contributed by atoms with Gasteiger partial charge in [0.2, 0.25) is 0 Å². The number of nitrogens with zero attached hydrogens (tertiary/aromatic N) is 4. The maximum absolute atomic E-state index is 6.09. The molecule has 2 aromatic rings. The van der Waals surface area contributed by atoms with Gasteiger partial charge in [-0.05, 0) is 38.1 Å². The minimum absolute atomic E-state index is 0.589. The van der Waals surface area contributed by atoms with E-state index in [1.54, 1.807) is 4.52 Å². The van der Waals surface area contributed by atoms with Crippen molar-refractivity contribution in [1.29, 1.82) is 0 Å². The molecule has 0 aromatic carbocycles. The zero-order valence-corrected chi connectivity index (χ0v) is 11.3. The van der Waals surface area contributed by atoms with Crippen LogP contribution in [0.4, 0.5) is 0 Å². The summed E-state index contributed by atoms with van der Waals surface area (Å²) in [7, 11) is 0. The molecule has 0 radical (unpaired) electrons. The Morgan fingerprint density at radius 2 is 2.33 bits per heavy atom. The Morgan fingerprint density at radius 3 is 3.11 bits per heavy atom. The Kier molecular flexibility index (Phi) is 3.22. The minimum atomic E-state index is 0.589. The quantitative estimate of drug-likeness (QED) is 0.799. The number of rotatable bonds is 3. The second-order valence-electron chi connectivity index (χ2n) is 4.78. The molecule has 1 unspecified atom stereocenters. The van der Waals surface area contributed by atoms with Crippen molar-refractivity contribution < 1.29 is 0 Å². The first-order valence-electron chi connectivity index (χ1n) is 6.52. The van der Waals surface area contributed by atoms with Crippen molar-refractivity contribution in [3.63, 3.8) is 0 Å². The molecule has 1 saturated heterocycles. The van der Waals surface area contributed by atoms with E-state index >= 15 is 0 Å². The SMILES string of the molecule is CCN1CCCC1Cc1nc2cccc(Cl)n2n1. The molecule has 0 bridgehead atoms. The Balaban J connectivity index is 1.84. The van der Waals surface area contributed by atoms with Crippen LogP contribution < -0.4 is 0 Å². The lowest BCUT2D eigenvalue weighted by Crippen LogP contribution is -2.31. The second kappa shape index (κ2) is 4.86. The summed E-state index contributed by atoms with van der Waals surface area (Å²) in [6.07, 6.45) is 3.45. The summed E-state index contributed by atoms with van der Waals surface area (Å²) < 4.78 is 1.71. The van der Waals surface area contributed by atoms with Gasteiger partial charge in [-0.1, -0.05) is 24.6 Å².